The van der Waals surface area contributed by atoms with E-state index in [4.69, 9.17) is 10.5 Å². The second kappa shape index (κ2) is 6.05. The van der Waals surface area contributed by atoms with Crippen molar-refractivity contribution in [1.82, 2.24) is 15.0 Å². The van der Waals surface area contributed by atoms with Crippen LogP contribution in [-0.4, -0.2) is 27.3 Å². The quantitative estimate of drug-likeness (QED) is 0.811. The van der Waals surface area contributed by atoms with Crippen LogP contribution in [0.25, 0.3) is 0 Å². The van der Waals surface area contributed by atoms with Gasteiger partial charge in [-0.15, -0.1) is 0 Å². The van der Waals surface area contributed by atoms with Crippen LogP contribution in [0.1, 0.15) is 32.6 Å². The van der Waals surface area contributed by atoms with Crippen molar-refractivity contribution < 1.29 is 4.74 Å². The molecule has 1 fully saturated rings. The van der Waals surface area contributed by atoms with Crippen molar-refractivity contribution in [1.29, 1.82) is 0 Å². The van der Waals surface area contributed by atoms with E-state index in [1.807, 2.05) is 6.92 Å². The third-order valence-corrected chi connectivity index (χ3v) is 3.89. The second-order valence-electron chi connectivity index (χ2n) is 4.15. The molecule has 94 valence electrons. The molecule has 1 aromatic heterocycles. The minimum atomic E-state index is 0.234. The summed E-state index contributed by atoms with van der Waals surface area (Å²) in [5, 5.41) is 0.674. The molecule has 6 heteroatoms. The Bertz CT molecular complexity index is 368. The number of nitrogens with two attached hydrogens (primary N) is 1. The molecule has 1 aliphatic rings. The van der Waals surface area contributed by atoms with Gasteiger partial charge >= 0.3 is 6.01 Å². The molecule has 0 aliphatic heterocycles. The summed E-state index contributed by atoms with van der Waals surface area (Å²) in [6.45, 7) is 2.43. The van der Waals surface area contributed by atoms with E-state index in [2.05, 4.69) is 15.0 Å². The van der Waals surface area contributed by atoms with Crippen LogP contribution in [0.15, 0.2) is 5.16 Å². The Morgan fingerprint density at radius 2 is 2.06 bits per heavy atom. The molecule has 17 heavy (non-hydrogen) atoms. The van der Waals surface area contributed by atoms with Crippen molar-refractivity contribution in [3.05, 3.63) is 0 Å². The fraction of sp³-hybridized carbons (Fsp3) is 0.727. The highest BCUT2D eigenvalue weighted by Crippen LogP contribution is 2.30. The lowest BCUT2D eigenvalue weighted by Gasteiger charge is -2.08. The van der Waals surface area contributed by atoms with Crippen LogP contribution in [0.5, 0.6) is 6.01 Å². The van der Waals surface area contributed by atoms with Crippen molar-refractivity contribution in [3.8, 4) is 6.01 Å². The zero-order valence-corrected chi connectivity index (χ0v) is 10.9. The summed E-state index contributed by atoms with van der Waals surface area (Å²) in [5.74, 6) is 2.10. The van der Waals surface area contributed by atoms with E-state index in [1.54, 1.807) is 11.8 Å². The maximum absolute atomic E-state index is 5.62. The van der Waals surface area contributed by atoms with Gasteiger partial charge in [0.05, 0.1) is 6.61 Å². The van der Waals surface area contributed by atoms with E-state index < -0.39 is 0 Å². The lowest BCUT2D eigenvalue weighted by atomic mass is 10.1. The van der Waals surface area contributed by atoms with Gasteiger partial charge in [0, 0.05) is 5.75 Å². The van der Waals surface area contributed by atoms with E-state index in [0.717, 1.165) is 11.7 Å². The molecule has 0 amide bonds. The molecular formula is C11H18N4OS. The number of nitrogen functional groups attached to an aromatic ring is 1. The minimum Gasteiger partial charge on any atom is -0.464 e. The Hall–Kier alpha value is -1.04. The van der Waals surface area contributed by atoms with Gasteiger partial charge in [0.2, 0.25) is 5.95 Å². The standard InChI is InChI=1S/C11H18N4OS/c1-2-16-10-13-9(12)14-11(15-10)17-7-8-5-3-4-6-8/h8H,2-7H2,1H3,(H2,12,13,14,15). The molecule has 1 aliphatic carbocycles. The number of hydrogen-bond acceptors (Lipinski definition) is 6. The Morgan fingerprint density at radius 3 is 2.76 bits per heavy atom. The van der Waals surface area contributed by atoms with Crippen molar-refractivity contribution in [2.24, 2.45) is 5.92 Å². The van der Waals surface area contributed by atoms with Crippen molar-refractivity contribution in [3.63, 3.8) is 0 Å². The molecule has 0 atom stereocenters. The summed E-state index contributed by atoms with van der Waals surface area (Å²) in [7, 11) is 0. The number of hydrogen-bond donors (Lipinski definition) is 1. The number of anilines is 1. The fourth-order valence-corrected chi connectivity index (χ4v) is 3.00. The van der Waals surface area contributed by atoms with Gasteiger partial charge in [0.25, 0.3) is 0 Å². The average Bonchev–Trinajstić information content (AvgIpc) is 2.79. The zero-order chi connectivity index (χ0) is 12.1. The summed E-state index contributed by atoms with van der Waals surface area (Å²) in [4.78, 5) is 12.3. The zero-order valence-electron chi connectivity index (χ0n) is 10.1. The highest BCUT2D eigenvalue weighted by molar-refractivity contribution is 7.99. The molecule has 1 saturated carbocycles. The van der Waals surface area contributed by atoms with Gasteiger partial charge < -0.3 is 10.5 Å². The molecule has 0 saturated heterocycles. The summed E-state index contributed by atoms with van der Waals surface area (Å²) in [6, 6.07) is 0.328. The lowest BCUT2D eigenvalue weighted by molar-refractivity contribution is 0.308. The van der Waals surface area contributed by atoms with Crippen LogP contribution in [-0.2, 0) is 0 Å². The first-order valence-electron chi connectivity index (χ1n) is 6.05. The molecule has 2 N–H and O–H groups in total. The van der Waals surface area contributed by atoms with Gasteiger partial charge in [-0.2, -0.15) is 15.0 Å². The van der Waals surface area contributed by atoms with Crippen molar-refractivity contribution in [2.45, 2.75) is 37.8 Å². The van der Waals surface area contributed by atoms with Crippen LogP contribution in [0.2, 0.25) is 0 Å². The van der Waals surface area contributed by atoms with Gasteiger partial charge in [-0.25, -0.2) is 0 Å². The van der Waals surface area contributed by atoms with E-state index in [0.29, 0.717) is 17.8 Å². The second-order valence-corrected chi connectivity index (χ2v) is 5.14. The van der Waals surface area contributed by atoms with Crippen LogP contribution in [0.4, 0.5) is 5.95 Å². The van der Waals surface area contributed by atoms with Crippen molar-refractivity contribution in [2.75, 3.05) is 18.1 Å². The normalized spacial score (nSPS) is 16.3. The predicted octanol–water partition coefficient (Wildman–Crippen LogP) is 2.13. The van der Waals surface area contributed by atoms with E-state index in [1.165, 1.54) is 25.7 Å². The number of rotatable bonds is 5. The van der Waals surface area contributed by atoms with Gasteiger partial charge in [-0.3, -0.25) is 0 Å². The highest BCUT2D eigenvalue weighted by Gasteiger charge is 2.16. The Labute approximate surface area is 106 Å². The molecule has 0 aromatic carbocycles. The molecule has 0 spiro atoms. The third kappa shape index (κ3) is 3.73. The monoisotopic (exact) mass is 254 g/mol. The third-order valence-electron chi connectivity index (χ3n) is 2.81. The Kier molecular flexibility index (Phi) is 4.42. The number of nitrogens with zero attached hydrogens (tertiary/aromatic N) is 3. The predicted molar refractivity (Wildman–Crippen MR) is 68.1 cm³/mol. The van der Waals surface area contributed by atoms with Crippen LogP contribution < -0.4 is 10.5 Å². The molecular weight excluding hydrogens is 236 g/mol. The van der Waals surface area contributed by atoms with E-state index in [-0.39, 0.29) is 5.95 Å². The maximum Gasteiger partial charge on any atom is 0.322 e. The SMILES string of the molecule is CCOc1nc(N)nc(SCC2CCCC2)n1. The van der Waals surface area contributed by atoms with Gasteiger partial charge in [0.1, 0.15) is 0 Å². The molecule has 1 aromatic rings. The first-order chi connectivity index (χ1) is 8.28. The van der Waals surface area contributed by atoms with Gasteiger partial charge in [0.15, 0.2) is 5.16 Å². The molecule has 0 radical (unpaired) electrons. The number of thioether (sulfide) groups is 1. The summed E-state index contributed by atoms with van der Waals surface area (Å²) in [5.41, 5.74) is 5.62. The van der Waals surface area contributed by atoms with Gasteiger partial charge in [-0.1, -0.05) is 24.6 Å². The Morgan fingerprint density at radius 1 is 1.29 bits per heavy atom. The highest BCUT2D eigenvalue weighted by atomic mass is 32.2. The average molecular weight is 254 g/mol. The lowest BCUT2D eigenvalue weighted by Crippen LogP contribution is -2.05. The Balaban J connectivity index is 1.94. The molecule has 0 unspecified atom stereocenters. The number of aromatic nitrogens is 3. The topological polar surface area (TPSA) is 73.9 Å². The van der Waals surface area contributed by atoms with E-state index in [9.17, 15) is 0 Å². The maximum atomic E-state index is 5.62. The first kappa shape index (κ1) is 12.4. The van der Waals surface area contributed by atoms with Crippen LogP contribution >= 0.6 is 11.8 Å². The van der Waals surface area contributed by atoms with Crippen molar-refractivity contribution >= 4 is 17.7 Å². The largest absolute Gasteiger partial charge is 0.464 e. The number of ether oxygens (including phenoxy) is 1. The van der Waals surface area contributed by atoms with Gasteiger partial charge in [-0.05, 0) is 25.7 Å². The minimum absolute atomic E-state index is 0.234. The molecule has 0 bridgehead atoms. The summed E-state index contributed by atoms with van der Waals surface area (Å²) < 4.78 is 5.24. The summed E-state index contributed by atoms with van der Waals surface area (Å²) >= 11 is 1.65. The fourth-order valence-electron chi connectivity index (χ4n) is 1.98. The van der Waals surface area contributed by atoms with Crippen LogP contribution in [0.3, 0.4) is 0 Å². The first-order valence-corrected chi connectivity index (χ1v) is 7.03. The molecule has 2 rings (SSSR count). The molecule has 5 nitrogen and oxygen atoms in total. The molecule has 1 heterocycles. The smallest absolute Gasteiger partial charge is 0.322 e. The summed E-state index contributed by atoms with van der Waals surface area (Å²) in [6.07, 6.45) is 5.36. The van der Waals surface area contributed by atoms with Crippen LogP contribution in [0, 0.1) is 5.92 Å². The van der Waals surface area contributed by atoms with E-state index >= 15 is 0 Å².